The first-order chi connectivity index (χ1) is 15.4. The Balaban J connectivity index is 1.35. The van der Waals surface area contributed by atoms with Crippen LogP contribution in [0.4, 0.5) is 13.2 Å². The van der Waals surface area contributed by atoms with Gasteiger partial charge in [0.05, 0.1) is 17.3 Å². The van der Waals surface area contributed by atoms with E-state index < -0.39 is 11.7 Å². The molecule has 0 aliphatic heterocycles. The molecule has 32 heavy (non-hydrogen) atoms. The summed E-state index contributed by atoms with van der Waals surface area (Å²) >= 11 is 5.75. The van der Waals surface area contributed by atoms with Gasteiger partial charge in [-0.05, 0) is 48.4 Å². The first-order valence-electron chi connectivity index (χ1n) is 9.86. The van der Waals surface area contributed by atoms with Gasteiger partial charge in [-0.25, -0.2) is 4.98 Å². The standard InChI is InChI=1S/C23H19ClF3N3O2/c24-10-1-11-30-21-8-7-20(12-17(21)13-28-30)31-14-19-15-32-22(29-19)9-4-16-2-5-18(6-3-16)23(25,26)27/h2-9,12-13,15H,1,10-11,14H2/b9-4+. The molecule has 0 aliphatic carbocycles. The van der Waals surface area contributed by atoms with E-state index in [1.54, 1.807) is 18.3 Å². The zero-order valence-corrected chi connectivity index (χ0v) is 17.6. The molecule has 0 radical (unpaired) electrons. The van der Waals surface area contributed by atoms with E-state index in [0.29, 0.717) is 28.8 Å². The minimum absolute atomic E-state index is 0.212. The van der Waals surface area contributed by atoms with Crippen LogP contribution < -0.4 is 4.74 Å². The molecule has 0 spiro atoms. The summed E-state index contributed by atoms with van der Waals surface area (Å²) in [5, 5.41) is 5.34. The van der Waals surface area contributed by atoms with Gasteiger partial charge in [-0.3, -0.25) is 4.68 Å². The van der Waals surface area contributed by atoms with Crippen molar-refractivity contribution in [2.24, 2.45) is 0 Å². The summed E-state index contributed by atoms with van der Waals surface area (Å²) < 4.78 is 51.0. The Morgan fingerprint density at radius 2 is 1.91 bits per heavy atom. The van der Waals surface area contributed by atoms with Crippen LogP contribution in [0.5, 0.6) is 5.75 Å². The third-order valence-corrected chi connectivity index (χ3v) is 5.00. The van der Waals surface area contributed by atoms with Gasteiger partial charge < -0.3 is 9.15 Å². The molecule has 0 unspecified atom stereocenters. The Morgan fingerprint density at radius 1 is 1.09 bits per heavy atom. The van der Waals surface area contributed by atoms with E-state index in [-0.39, 0.29) is 6.61 Å². The maximum absolute atomic E-state index is 12.6. The summed E-state index contributed by atoms with van der Waals surface area (Å²) in [6, 6.07) is 10.6. The van der Waals surface area contributed by atoms with Crippen LogP contribution in [-0.4, -0.2) is 20.6 Å². The van der Waals surface area contributed by atoms with E-state index in [1.807, 2.05) is 22.9 Å². The molecule has 0 aliphatic rings. The average molecular weight is 462 g/mol. The molecule has 0 saturated heterocycles. The lowest BCUT2D eigenvalue weighted by Gasteiger charge is -2.05. The second-order valence-electron chi connectivity index (χ2n) is 7.05. The van der Waals surface area contributed by atoms with Gasteiger partial charge in [-0.1, -0.05) is 12.1 Å². The minimum atomic E-state index is -4.35. The highest BCUT2D eigenvalue weighted by molar-refractivity contribution is 6.17. The Bertz CT molecular complexity index is 1210. The van der Waals surface area contributed by atoms with Gasteiger partial charge in [0.1, 0.15) is 24.3 Å². The Morgan fingerprint density at radius 3 is 2.66 bits per heavy atom. The molecule has 166 valence electrons. The number of benzene rings is 2. The minimum Gasteiger partial charge on any atom is -0.487 e. The molecule has 0 N–H and O–H groups in total. The van der Waals surface area contributed by atoms with Crippen LogP contribution in [0.3, 0.4) is 0 Å². The molecule has 4 aromatic rings. The number of ether oxygens (including phenoxy) is 1. The topological polar surface area (TPSA) is 53.1 Å². The third-order valence-electron chi connectivity index (χ3n) is 4.73. The highest BCUT2D eigenvalue weighted by Gasteiger charge is 2.29. The van der Waals surface area contributed by atoms with Crippen LogP contribution in [0, 0.1) is 0 Å². The van der Waals surface area contributed by atoms with Crippen molar-refractivity contribution in [1.29, 1.82) is 0 Å². The van der Waals surface area contributed by atoms with Gasteiger partial charge in [0.25, 0.3) is 0 Å². The predicted molar refractivity (Wildman–Crippen MR) is 116 cm³/mol. The van der Waals surface area contributed by atoms with E-state index in [2.05, 4.69) is 10.1 Å². The summed E-state index contributed by atoms with van der Waals surface area (Å²) in [4.78, 5) is 4.31. The van der Waals surface area contributed by atoms with Gasteiger partial charge in [0.15, 0.2) is 0 Å². The third kappa shape index (κ3) is 5.31. The van der Waals surface area contributed by atoms with Crippen molar-refractivity contribution in [2.75, 3.05) is 5.88 Å². The van der Waals surface area contributed by atoms with Crippen LogP contribution in [0.25, 0.3) is 23.1 Å². The first kappa shape index (κ1) is 22.0. The van der Waals surface area contributed by atoms with Crippen LogP contribution in [0.1, 0.15) is 29.1 Å². The number of nitrogens with zero attached hydrogens (tertiary/aromatic N) is 3. The van der Waals surface area contributed by atoms with Gasteiger partial charge in [0, 0.05) is 23.9 Å². The monoisotopic (exact) mass is 461 g/mol. The fourth-order valence-electron chi connectivity index (χ4n) is 3.12. The SMILES string of the molecule is FC(F)(F)c1ccc(/C=C/c2nc(COc3ccc4c(cnn4CCCCl)c3)co2)cc1. The molecular weight excluding hydrogens is 443 g/mol. The maximum atomic E-state index is 12.6. The fourth-order valence-corrected chi connectivity index (χ4v) is 3.24. The number of hydrogen-bond donors (Lipinski definition) is 0. The number of alkyl halides is 4. The highest BCUT2D eigenvalue weighted by Crippen LogP contribution is 2.29. The summed E-state index contributed by atoms with van der Waals surface area (Å²) in [6.45, 7) is 0.971. The number of oxazole rings is 1. The summed E-state index contributed by atoms with van der Waals surface area (Å²) in [6.07, 6.45) is 2.99. The van der Waals surface area contributed by atoms with Crippen molar-refractivity contribution in [2.45, 2.75) is 25.7 Å². The van der Waals surface area contributed by atoms with E-state index in [9.17, 15) is 13.2 Å². The first-order valence-corrected chi connectivity index (χ1v) is 10.4. The molecular formula is C23H19ClF3N3O2. The predicted octanol–water partition coefficient (Wildman–Crippen LogP) is 6.42. The van der Waals surface area contributed by atoms with Crippen LogP contribution >= 0.6 is 11.6 Å². The second kappa shape index (κ2) is 9.48. The summed E-state index contributed by atoms with van der Waals surface area (Å²) in [7, 11) is 0. The van der Waals surface area contributed by atoms with Gasteiger partial charge >= 0.3 is 6.18 Å². The Hall–Kier alpha value is -3.26. The van der Waals surface area contributed by atoms with Crippen molar-refractivity contribution in [3.05, 3.63) is 77.6 Å². The van der Waals surface area contributed by atoms with Gasteiger partial charge in [-0.15, -0.1) is 11.6 Å². The molecule has 2 heterocycles. The lowest BCUT2D eigenvalue weighted by Crippen LogP contribution is -2.03. The zero-order chi connectivity index (χ0) is 22.6. The van der Waals surface area contributed by atoms with Crippen LogP contribution in [-0.2, 0) is 19.3 Å². The molecule has 2 aromatic carbocycles. The van der Waals surface area contributed by atoms with Crippen molar-refractivity contribution in [3.8, 4) is 5.75 Å². The quantitative estimate of drug-likeness (QED) is 0.284. The largest absolute Gasteiger partial charge is 0.487 e. The van der Waals surface area contributed by atoms with Gasteiger partial charge in [0.2, 0.25) is 5.89 Å². The van der Waals surface area contributed by atoms with Crippen molar-refractivity contribution in [3.63, 3.8) is 0 Å². The molecule has 0 saturated carbocycles. The summed E-state index contributed by atoms with van der Waals surface area (Å²) in [5.74, 6) is 1.60. The van der Waals surface area contributed by atoms with E-state index >= 15 is 0 Å². The molecule has 4 rings (SSSR count). The van der Waals surface area contributed by atoms with E-state index in [0.717, 1.165) is 36.0 Å². The van der Waals surface area contributed by atoms with Crippen molar-refractivity contribution < 1.29 is 22.3 Å². The normalized spacial score (nSPS) is 12.1. The average Bonchev–Trinajstić information content (AvgIpc) is 3.41. The van der Waals surface area contributed by atoms with Crippen LogP contribution in [0.15, 0.2) is 59.3 Å². The number of rotatable bonds is 8. The smallest absolute Gasteiger partial charge is 0.416 e. The molecule has 0 amide bonds. The van der Waals surface area contributed by atoms with Crippen LogP contribution in [0.2, 0.25) is 0 Å². The fraction of sp³-hybridized carbons (Fsp3) is 0.217. The lowest BCUT2D eigenvalue weighted by molar-refractivity contribution is -0.137. The Kier molecular flexibility index (Phi) is 6.50. The molecule has 5 nitrogen and oxygen atoms in total. The number of hydrogen-bond acceptors (Lipinski definition) is 4. The number of fused-ring (bicyclic) bond motifs is 1. The molecule has 0 fully saturated rings. The number of aryl methyl sites for hydroxylation is 1. The van der Waals surface area contributed by atoms with Crippen molar-refractivity contribution in [1.82, 2.24) is 14.8 Å². The number of halogens is 4. The second-order valence-corrected chi connectivity index (χ2v) is 7.43. The molecule has 0 atom stereocenters. The zero-order valence-electron chi connectivity index (χ0n) is 16.8. The lowest BCUT2D eigenvalue weighted by atomic mass is 10.1. The summed E-state index contributed by atoms with van der Waals surface area (Å²) in [5.41, 5.74) is 1.52. The van der Waals surface area contributed by atoms with Gasteiger partial charge in [-0.2, -0.15) is 18.3 Å². The Labute approximate surface area is 187 Å². The molecule has 0 bridgehead atoms. The molecule has 9 heteroatoms. The maximum Gasteiger partial charge on any atom is 0.416 e. The number of aromatic nitrogens is 3. The van der Waals surface area contributed by atoms with E-state index in [1.165, 1.54) is 18.4 Å². The molecule has 2 aromatic heterocycles. The highest BCUT2D eigenvalue weighted by atomic mass is 35.5. The van der Waals surface area contributed by atoms with Crippen molar-refractivity contribution >= 4 is 34.7 Å². The van der Waals surface area contributed by atoms with E-state index in [4.69, 9.17) is 20.8 Å².